The molecule has 3 nitrogen and oxygen atoms in total. The van der Waals surface area contributed by atoms with E-state index in [-0.39, 0.29) is 0 Å². The predicted molar refractivity (Wildman–Crippen MR) is 79.1 cm³/mol. The second-order valence-electron chi connectivity index (χ2n) is 4.57. The Balaban J connectivity index is 2.26. The van der Waals surface area contributed by atoms with Crippen LogP contribution in [0.25, 0.3) is 22.2 Å². The molecule has 1 aromatic carbocycles. The lowest BCUT2D eigenvalue weighted by Gasteiger charge is -2.02. The van der Waals surface area contributed by atoms with E-state index in [1.54, 1.807) is 6.20 Å². The van der Waals surface area contributed by atoms with E-state index in [2.05, 4.69) is 15.7 Å². The summed E-state index contributed by atoms with van der Waals surface area (Å²) in [4.78, 5) is 4.44. The normalized spacial score (nSPS) is 11.1. The van der Waals surface area contributed by atoms with Crippen molar-refractivity contribution in [3.05, 3.63) is 53.3 Å². The van der Waals surface area contributed by atoms with Gasteiger partial charge in [-0.3, -0.25) is 4.98 Å². The van der Waals surface area contributed by atoms with Crippen LogP contribution in [0.3, 0.4) is 0 Å². The summed E-state index contributed by atoms with van der Waals surface area (Å²) in [7, 11) is 2.02. The standard InChI is InChI=1S/C15H14ClN3/c1-19-9-13(12-7-11(16)2-3-15(12)19)14-6-10(8-17)4-5-18-14/h2-7,9H,8,17H2,1H3. The van der Waals surface area contributed by atoms with Crippen LogP contribution in [-0.4, -0.2) is 9.55 Å². The molecule has 0 spiro atoms. The highest BCUT2D eigenvalue weighted by molar-refractivity contribution is 6.31. The molecule has 19 heavy (non-hydrogen) atoms. The van der Waals surface area contributed by atoms with Crippen LogP contribution in [-0.2, 0) is 13.6 Å². The lowest BCUT2D eigenvalue weighted by atomic mass is 10.1. The van der Waals surface area contributed by atoms with E-state index in [4.69, 9.17) is 17.3 Å². The molecule has 0 fully saturated rings. The van der Waals surface area contributed by atoms with Gasteiger partial charge in [-0.25, -0.2) is 0 Å². The molecule has 3 aromatic rings. The van der Waals surface area contributed by atoms with E-state index in [1.807, 2.05) is 37.4 Å². The molecule has 2 aromatic heterocycles. The van der Waals surface area contributed by atoms with Gasteiger partial charge in [0, 0.05) is 47.5 Å². The molecule has 0 atom stereocenters. The van der Waals surface area contributed by atoms with E-state index in [9.17, 15) is 0 Å². The van der Waals surface area contributed by atoms with E-state index in [0.717, 1.165) is 32.7 Å². The summed E-state index contributed by atoms with van der Waals surface area (Å²) < 4.78 is 2.08. The average molecular weight is 272 g/mol. The van der Waals surface area contributed by atoms with E-state index >= 15 is 0 Å². The zero-order valence-electron chi connectivity index (χ0n) is 10.6. The third-order valence-corrected chi connectivity index (χ3v) is 3.52. The second kappa shape index (κ2) is 4.68. The molecule has 0 saturated carbocycles. The molecule has 0 bridgehead atoms. The van der Waals surface area contributed by atoms with Crippen molar-refractivity contribution in [1.29, 1.82) is 0 Å². The van der Waals surface area contributed by atoms with Gasteiger partial charge >= 0.3 is 0 Å². The Hall–Kier alpha value is -1.84. The van der Waals surface area contributed by atoms with E-state index in [0.29, 0.717) is 6.54 Å². The zero-order valence-corrected chi connectivity index (χ0v) is 11.4. The molecule has 4 heteroatoms. The molecule has 0 aliphatic heterocycles. The summed E-state index contributed by atoms with van der Waals surface area (Å²) in [5.74, 6) is 0. The highest BCUT2D eigenvalue weighted by Gasteiger charge is 2.10. The number of hydrogen-bond acceptors (Lipinski definition) is 2. The number of aromatic nitrogens is 2. The highest BCUT2D eigenvalue weighted by atomic mass is 35.5. The first-order chi connectivity index (χ1) is 9.19. The van der Waals surface area contributed by atoms with Gasteiger partial charge in [-0.2, -0.15) is 0 Å². The van der Waals surface area contributed by atoms with Crippen molar-refractivity contribution < 1.29 is 0 Å². The topological polar surface area (TPSA) is 43.8 Å². The van der Waals surface area contributed by atoms with Crippen LogP contribution in [0.15, 0.2) is 42.7 Å². The van der Waals surface area contributed by atoms with Crippen molar-refractivity contribution in [3.8, 4) is 11.3 Å². The summed E-state index contributed by atoms with van der Waals surface area (Å²) in [5, 5.41) is 1.84. The second-order valence-corrected chi connectivity index (χ2v) is 5.01. The molecule has 0 radical (unpaired) electrons. The molecular formula is C15H14ClN3. The SMILES string of the molecule is Cn1cc(-c2cc(CN)ccn2)c2cc(Cl)ccc21. The number of fused-ring (bicyclic) bond motifs is 1. The van der Waals surface area contributed by atoms with Gasteiger partial charge in [-0.05, 0) is 35.9 Å². The van der Waals surface area contributed by atoms with Crippen molar-refractivity contribution in [3.63, 3.8) is 0 Å². The fourth-order valence-corrected chi connectivity index (χ4v) is 2.49. The number of aryl methyl sites for hydroxylation is 1. The van der Waals surface area contributed by atoms with Crippen molar-refractivity contribution >= 4 is 22.5 Å². The minimum Gasteiger partial charge on any atom is -0.350 e. The van der Waals surface area contributed by atoms with Gasteiger partial charge in [0.15, 0.2) is 0 Å². The molecule has 2 heterocycles. The molecule has 0 saturated heterocycles. The number of pyridine rings is 1. The van der Waals surface area contributed by atoms with Gasteiger partial charge in [0.2, 0.25) is 0 Å². The Kier molecular flexibility index (Phi) is 3.01. The van der Waals surface area contributed by atoms with Crippen LogP contribution >= 0.6 is 11.6 Å². The number of rotatable bonds is 2. The molecule has 0 aliphatic rings. The van der Waals surface area contributed by atoms with Gasteiger partial charge in [-0.1, -0.05) is 11.6 Å². The van der Waals surface area contributed by atoms with Crippen LogP contribution in [0.5, 0.6) is 0 Å². The maximum atomic E-state index is 6.10. The number of benzene rings is 1. The van der Waals surface area contributed by atoms with Crippen molar-refractivity contribution in [1.82, 2.24) is 9.55 Å². The number of hydrogen-bond donors (Lipinski definition) is 1. The molecule has 2 N–H and O–H groups in total. The van der Waals surface area contributed by atoms with Crippen LogP contribution < -0.4 is 5.73 Å². The fourth-order valence-electron chi connectivity index (χ4n) is 2.32. The summed E-state index contributed by atoms with van der Waals surface area (Å²) in [6.07, 6.45) is 3.87. The first kappa shape index (κ1) is 12.2. The molecule has 0 aliphatic carbocycles. The minimum atomic E-state index is 0.515. The predicted octanol–water partition coefficient (Wildman–Crippen LogP) is 3.35. The maximum absolute atomic E-state index is 6.10. The molecule has 96 valence electrons. The summed E-state index contributed by atoms with van der Waals surface area (Å²) in [6, 6.07) is 9.85. The smallest absolute Gasteiger partial charge is 0.0726 e. The van der Waals surface area contributed by atoms with Crippen molar-refractivity contribution in [2.45, 2.75) is 6.54 Å². The Morgan fingerprint density at radius 1 is 1.26 bits per heavy atom. The number of halogens is 1. The Labute approximate surface area is 116 Å². The van der Waals surface area contributed by atoms with Gasteiger partial charge in [0.1, 0.15) is 0 Å². The van der Waals surface area contributed by atoms with Crippen LogP contribution in [0.2, 0.25) is 5.02 Å². The van der Waals surface area contributed by atoms with E-state index < -0.39 is 0 Å². The minimum absolute atomic E-state index is 0.515. The van der Waals surface area contributed by atoms with Crippen LogP contribution in [0, 0.1) is 0 Å². The Morgan fingerprint density at radius 3 is 2.89 bits per heavy atom. The first-order valence-electron chi connectivity index (χ1n) is 6.09. The molecule has 0 amide bonds. The molecule has 3 rings (SSSR count). The fraction of sp³-hybridized carbons (Fsp3) is 0.133. The Morgan fingerprint density at radius 2 is 2.11 bits per heavy atom. The highest BCUT2D eigenvalue weighted by Crippen LogP contribution is 2.31. The summed E-state index contributed by atoms with van der Waals surface area (Å²) >= 11 is 6.10. The third kappa shape index (κ3) is 2.11. The third-order valence-electron chi connectivity index (χ3n) is 3.29. The van der Waals surface area contributed by atoms with Gasteiger partial charge in [0.05, 0.1) is 5.69 Å². The van der Waals surface area contributed by atoms with Gasteiger partial charge < -0.3 is 10.3 Å². The van der Waals surface area contributed by atoms with Crippen LogP contribution in [0.4, 0.5) is 0 Å². The van der Waals surface area contributed by atoms with E-state index in [1.165, 1.54) is 0 Å². The largest absolute Gasteiger partial charge is 0.350 e. The number of nitrogens with zero attached hydrogens (tertiary/aromatic N) is 2. The number of nitrogens with two attached hydrogens (primary N) is 1. The maximum Gasteiger partial charge on any atom is 0.0726 e. The quantitative estimate of drug-likeness (QED) is 0.777. The zero-order chi connectivity index (χ0) is 13.4. The lowest BCUT2D eigenvalue weighted by Crippen LogP contribution is -1.96. The summed E-state index contributed by atoms with van der Waals surface area (Å²) in [6.45, 7) is 0.515. The van der Waals surface area contributed by atoms with Crippen LogP contribution in [0.1, 0.15) is 5.56 Å². The summed E-state index contributed by atoms with van der Waals surface area (Å²) in [5.41, 5.74) is 9.90. The first-order valence-corrected chi connectivity index (χ1v) is 6.47. The van der Waals surface area contributed by atoms with Crippen molar-refractivity contribution in [2.24, 2.45) is 12.8 Å². The monoisotopic (exact) mass is 271 g/mol. The lowest BCUT2D eigenvalue weighted by molar-refractivity contribution is 0.969. The molecular weight excluding hydrogens is 258 g/mol. The Bertz CT molecular complexity index is 746. The molecule has 0 unspecified atom stereocenters. The van der Waals surface area contributed by atoms with Gasteiger partial charge in [0.25, 0.3) is 0 Å². The van der Waals surface area contributed by atoms with Crippen molar-refractivity contribution in [2.75, 3.05) is 0 Å². The van der Waals surface area contributed by atoms with Gasteiger partial charge in [-0.15, -0.1) is 0 Å². The average Bonchev–Trinajstić information content (AvgIpc) is 2.75.